The average molecular weight is 259 g/mol. The average Bonchev–Trinajstić information content (AvgIpc) is 2.66. The fraction of sp³-hybridized carbons (Fsp3) is 0.214. The number of ketones is 1. The third-order valence-electron chi connectivity index (χ3n) is 2.87. The molecule has 1 heterocycles. The molecular weight excluding hydrogens is 246 g/mol. The Balaban J connectivity index is 2.12. The lowest BCUT2D eigenvalue weighted by Gasteiger charge is -2.11. The molecule has 0 spiro atoms. The summed E-state index contributed by atoms with van der Waals surface area (Å²) in [5.74, 6) is -2.15. The van der Waals surface area contributed by atoms with Crippen LogP contribution in [0, 0.1) is 0 Å². The first-order valence-electron chi connectivity index (χ1n) is 5.89. The lowest BCUT2D eigenvalue weighted by atomic mass is 10.1. The number of hydrogen-bond donors (Lipinski definition) is 1. The lowest BCUT2D eigenvalue weighted by Crippen LogP contribution is -2.29. The van der Waals surface area contributed by atoms with Crippen LogP contribution in [0.25, 0.3) is 6.08 Å². The van der Waals surface area contributed by atoms with E-state index in [0.717, 1.165) is 5.56 Å². The Hall–Kier alpha value is -2.43. The third kappa shape index (κ3) is 3.07. The van der Waals surface area contributed by atoms with Gasteiger partial charge < -0.3 is 10.0 Å². The van der Waals surface area contributed by atoms with Crippen molar-refractivity contribution < 1.29 is 19.5 Å². The molecular formula is C14H13NO4. The number of benzene rings is 1. The number of likely N-dealkylation sites (tertiary alicyclic amines) is 1. The van der Waals surface area contributed by atoms with E-state index in [2.05, 4.69) is 0 Å². The highest BCUT2D eigenvalue weighted by molar-refractivity contribution is 6.46. The van der Waals surface area contributed by atoms with Gasteiger partial charge >= 0.3 is 5.97 Å². The van der Waals surface area contributed by atoms with Crippen molar-refractivity contribution >= 4 is 23.7 Å². The minimum atomic E-state index is -0.985. The van der Waals surface area contributed by atoms with Crippen LogP contribution in [0.4, 0.5) is 0 Å². The summed E-state index contributed by atoms with van der Waals surface area (Å²) in [6.07, 6.45) is 1.51. The number of rotatable bonds is 4. The zero-order valence-corrected chi connectivity index (χ0v) is 10.2. The Morgan fingerprint density at radius 1 is 1.26 bits per heavy atom. The highest BCUT2D eigenvalue weighted by Gasteiger charge is 2.33. The van der Waals surface area contributed by atoms with Crippen molar-refractivity contribution in [1.29, 1.82) is 0 Å². The Morgan fingerprint density at radius 3 is 2.58 bits per heavy atom. The molecule has 1 N–H and O–H groups in total. The van der Waals surface area contributed by atoms with E-state index in [4.69, 9.17) is 5.11 Å². The molecule has 98 valence electrons. The zero-order chi connectivity index (χ0) is 13.8. The number of Topliss-reactive ketones (excluding diaryl/α,β-unsaturated/α-hetero) is 1. The first kappa shape index (κ1) is 13.0. The third-order valence-corrected chi connectivity index (χ3v) is 2.87. The molecule has 0 aromatic heterocycles. The maximum atomic E-state index is 11.8. The Bertz CT molecular complexity index is 548. The predicted molar refractivity (Wildman–Crippen MR) is 68.3 cm³/mol. The van der Waals surface area contributed by atoms with Crippen molar-refractivity contribution in [3.63, 3.8) is 0 Å². The molecule has 1 amide bonds. The van der Waals surface area contributed by atoms with Crippen LogP contribution in [-0.2, 0) is 14.4 Å². The normalized spacial score (nSPS) is 17.3. The number of carbonyl (C=O) groups is 3. The van der Waals surface area contributed by atoms with Crippen LogP contribution < -0.4 is 0 Å². The van der Waals surface area contributed by atoms with Crippen LogP contribution >= 0.6 is 0 Å². The van der Waals surface area contributed by atoms with Crippen molar-refractivity contribution in [2.75, 3.05) is 13.1 Å². The molecule has 1 saturated heterocycles. The van der Waals surface area contributed by atoms with Crippen LogP contribution in [0.3, 0.4) is 0 Å². The van der Waals surface area contributed by atoms with Gasteiger partial charge in [0.2, 0.25) is 5.78 Å². The number of carboxylic acids is 1. The summed E-state index contributed by atoms with van der Waals surface area (Å²) in [7, 11) is 0. The summed E-state index contributed by atoms with van der Waals surface area (Å²) in [4.78, 5) is 35.2. The van der Waals surface area contributed by atoms with Gasteiger partial charge in [0.25, 0.3) is 5.91 Å². The largest absolute Gasteiger partial charge is 0.481 e. The van der Waals surface area contributed by atoms with Gasteiger partial charge in [-0.25, -0.2) is 0 Å². The van der Waals surface area contributed by atoms with Crippen LogP contribution in [0.15, 0.2) is 35.9 Å². The fourth-order valence-corrected chi connectivity index (χ4v) is 1.90. The van der Waals surface area contributed by atoms with E-state index >= 15 is 0 Å². The highest BCUT2D eigenvalue weighted by Crippen LogP contribution is 2.17. The smallest absolute Gasteiger partial charge is 0.305 e. The molecule has 19 heavy (non-hydrogen) atoms. The summed E-state index contributed by atoms with van der Waals surface area (Å²) in [6.45, 7) is 0.242. The summed E-state index contributed by atoms with van der Waals surface area (Å²) in [5.41, 5.74) is 1.25. The number of hydrogen-bond acceptors (Lipinski definition) is 3. The van der Waals surface area contributed by atoms with Crippen LogP contribution in [0.5, 0.6) is 0 Å². The minimum Gasteiger partial charge on any atom is -0.481 e. The van der Waals surface area contributed by atoms with Gasteiger partial charge in [-0.1, -0.05) is 30.3 Å². The standard InChI is InChI=1S/C14H13NO4/c16-12(17)6-7-15-9-11(13(18)14(15)19)8-10-4-2-1-3-5-10/h1-5,8H,6-7,9H2,(H,16,17)/b11-8-. The van der Waals surface area contributed by atoms with Crippen molar-refractivity contribution in [2.24, 2.45) is 0 Å². The van der Waals surface area contributed by atoms with Gasteiger partial charge in [-0.15, -0.1) is 0 Å². The molecule has 1 fully saturated rings. The maximum absolute atomic E-state index is 11.8. The molecule has 1 aromatic rings. The van der Waals surface area contributed by atoms with Crippen LogP contribution in [0.1, 0.15) is 12.0 Å². The van der Waals surface area contributed by atoms with E-state index in [-0.39, 0.29) is 19.5 Å². The van der Waals surface area contributed by atoms with Crippen molar-refractivity contribution in [1.82, 2.24) is 4.90 Å². The van der Waals surface area contributed by atoms with Gasteiger partial charge in [0.05, 0.1) is 13.0 Å². The van der Waals surface area contributed by atoms with E-state index in [0.29, 0.717) is 5.57 Å². The summed E-state index contributed by atoms with van der Waals surface area (Å²) < 4.78 is 0. The van der Waals surface area contributed by atoms with Gasteiger partial charge in [0, 0.05) is 12.1 Å². The number of carbonyl (C=O) groups excluding carboxylic acids is 2. The predicted octanol–water partition coefficient (Wildman–Crippen LogP) is 0.956. The Kier molecular flexibility index (Phi) is 3.75. The summed E-state index contributed by atoms with van der Waals surface area (Å²) in [5, 5.41) is 8.59. The van der Waals surface area contributed by atoms with E-state index in [1.807, 2.05) is 30.3 Å². The van der Waals surface area contributed by atoms with Gasteiger partial charge in [-0.2, -0.15) is 0 Å². The highest BCUT2D eigenvalue weighted by atomic mass is 16.4. The minimum absolute atomic E-state index is 0.0615. The second kappa shape index (κ2) is 5.48. The topological polar surface area (TPSA) is 74.7 Å². The monoisotopic (exact) mass is 259 g/mol. The van der Waals surface area contributed by atoms with Crippen LogP contribution in [0.2, 0.25) is 0 Å². The molecule has 0 unspecified atom stereocenters. The molecule has 0 aliphatic carbocycles. The van der Waals surface area contributed by atoms with Crippen LogP contribution in [-0.4, -0.2) is 40.8 Å². The zero-order valence-electron chi connectivity index (χ0n) is 10.2. The molecule has 1 aliphatic rings. The fourth-order valence-electron chi connectivity index (χ4n) is 1.90. The summed E-state index contributed by atoms with van der Waals surface area (Å²) >= 11 is 0. The second-order valence-corrected chi connectivity index (χ2v) is 4.28. The number of carboxylic acid groups (broad SMARTS) is 1. The molecule has 2 rings (SSSR count). The molecule has 0 atom stereocenters. The van der Waals surface area contributed by atoms with E-state index < -0.39 is 17.7 Å². The van der Waals surface area contributed by atoms with Gasteiger partial charge in [0.15, 0.2) is 0 Å². The van der Waals surface area contributed by atoms with Gasteiger partial charge in [0.1, 0.15) is 0 Å². The molecule has 1 aliphatic heterocycles. The number of aliphatic carboxylic acids is 1. The SMILES string of the molecule is O=C(O)CCN1C/C(=C/c2ccccc2)C(=O)C1=O. The lowest BCUT2D eigenvalue weighted by molar-refractivity contribution is -0.141. The Morgan fingerprint density at radius 2 is 1.95 bits per heavy atom. The molecule has 0 radical (unpaired) electrons. The molecule has 0 saturated carbocycles. The van der Waals surface area contributed by atoms with Crippen molar-refractivity contribution in [3.05, 3.63) is 41.5 Å². The first-order valence-corrected chi connectivity index (χ1v) is 5.89. The molecule has 5 heteroatoms. The molecule has 1 aromatic carbocycles. The van der Waals surface area contributed by atoms with E-state index in [1.165, 1.54) is 4.90 Å². The van der Waals surface area contributed by atoms with E-state index in [1.54, 1.807) is 6.08 Å². The van der Waals surface area contributed by atoms with Gasteiger partial charge in [-0.3, -0.25) is 14.4 Å². The Labute approximate surface area is 110 Å². The van der Waals surface area contributed by atoms with Gasteiger partial charge in [-0.05, 0) is 11.6 Å². The maximum Gasteiger partial charge on any atom is 0.305 e. The summed E-state index contributed by atoms with van der Waals surface area (Å²) in [6, 6.07) is 9.23. The second-order valence-electron chi connectivity index (χ2n) is 4.28. The molecule has 5 nitrogen and oxygen atoms in total. The van der Waals surface area contributed by atoms with E-state index in [9.17, 15) is 14.4 Å². The molecule has 0 bridgehead atoms. The van der Waals surface area contributed by atoms with Crippen molar-refractivity contribution in [2.45, 2.75) is 6.42 Å². The first-order chi connectivity index (χ1) is 9.08. The van der Waals surface area contributed by atoms with Crippen molar-refractivity contribution in [3.8, 4) is 0 Å². The number of amides is 1. The number of nitrogens with zero attached hydrogens (tertiary/aromatic N) is 1. The quantitative estimate of drug-likeness (QED) is 0.645.